The minimum atomic E-state index is 0.0287. The van der Waals surface area contributed by atoms with Gasteiger partial charge in [-0.05, 0) is 116 Å². The Hall–Kier alpha value is -4.21. The SMILES string of the molecule is CCC(C)(C)c1ccc2c(c1)B1c3cc(C(C)(C)CC)ccc3-c3ccc4c5c3N1c1c(cc(C(C)(C)CC)cc1-2)B5c1sc2ccccc2c1O4. The van der Waals surface area contributed by atoms with Crippen molar-refractivity contribution in [1.82, 2.24) is 0 Å². The van der Waals surface area contributed by atoms with Crippen molar-refractivity contribution in [3.05, 3.63) is 102 Å². The van der Waals surface area contributed by atoms with Gasteiger partial charge in [-0.15, -0.1) is 11.3 Å². The van der Waals surface area contributed by atoms with Gasteiger partial charge in [0.1, 0.15) is 11.5 Å². The van der Waals surface area contributed by atoms with Crippen LogP contribution < -0.4 is 36.2 Å². The first-order valence-electron chi connectivity index (χ1n) is 19.5. The summed E-state index contributed by atoms with van der Waals surface area (Å²) in [6, 6.07) is 33.5. The van der Waals surface area contributed by atoms with E-state index in [1.165, 1.54) is 87.0 Å². The first-order valence-corrected chi connectivity index (χ1v) is 20.3. The monoisotopic (exact) mass is 695 g/mol. The number of hydrogen-bond acceptors (Lipinski definition) is 3. The summed E-state index contributed by atoms with van der Waals surface area (Å²) in [4.78, 5) is 2.77. The number of anilines is 2. The second-order valence-corrected chi connectivity index (χ2v) is 18.8. The molecule has 10 rings (SSSR count). The van der Waals surface area contributed by atoms with Crippen LogP contribution >= 0.6 is 11.3 Å². The Morgan fingerprint density at radius 1 is 0.596 bits per heavy atom. The van der Waals surface area contributed by atoms with Gasteiger partial charge in [-0.2, -0.15) is 0 Å². The van der Waals surface area contributed by atoms with Crippen molar-refractivity contribution in [2.24, 2.45) is 0 Å². The van der Waals surface area contributed by atoms with Crippen LogP contribution in [0.25, 0.3) is 32.3 Å². The Morgan fingerprint density at radius 3 is 1.83 bits per heavy atom. The van der Waals surface area contributed by atoms with E-state index in [1.54, 1.807) is 0 Å². The standard InChI is InChI=1S/C47H47B2NOS/c1-10-45(4,5)27-17-19-30-32-21-22-38-40-42(32)50-41-34(31-20-18-28(46(6,7)11-2)25-36(31)49(50)35(30)24-27)23-29(47(8,9)12-3)26-37(41)48(40)44-43(51-38)33-15-13-14-16-39(33)52-44/h13-26H,10-12H2,1-9H3. The van der Waals surface area contributed by atoms with Crippen LogP contribution in [-0.4, -0.2) is 13.6 Å². The summed E-state index contributed by atoms with van der Waals surface area (Å²) in [6.07, 6.45) is 3.26. The second kappa shape index (κ2) is 10.7. The third kappa shape index (κ3) is 4.15. The van der Waals surface area contributed by atoms with E-state index < -0.39 is 0 Å². The van der Waals surface area contributed by atoms with Crippen LogP contribution in [0.3, 0.4) is 0 Å². The maximum atomic E-state index is 7.06. The van der Waals surface area contributed by atoms with Crippen LogP contribution in [0.15, 0.2) is 84.9 Å². The fraction of sp³-hybridized carbons (Fsp3) is 0.319. The van der Waals surface area contributed by atoms with Crippen molar-refractivity contribution in [2.45, 2.75) is 97.8 Å². The lowest BCUT2D eigenvalue weighted by Gasteiger charge is -2.50. The van der Waals surface area contributed by atoms with Crippen molar-refractivity contribution in [2.75, 3.05) is 4.81 Å². The molecule has 0 radical (unpaired) electrons. The Labute approximate surface area is 314 Å². The Bertz CT molecular complexity index is 2520. The molecule has 0 amide bonds. The number of fused-ring (bicyclic) bond motifs is 11. The maximum Gasteiger partial charge on any atom is 0.329 e. The molecule has 2 nitrogen and oxygen atoms in total. The van der Waals surface area contributed by atoms with Crippen LogP contribution in [0.4, 0.5) is 11.4 Å². The first-order chi connectivity index (χ1) is 24.9. The molecule has 4 aliphatic heterocycles. The van der Waals surface area contributed by atoms with E-state index >= 15 is 0 Å². The molecular weight excluding hydrogens is 648 g/mol. The molecule has 1 aromatic heterocycles. The number of ether oxygens (including phenoxy) is 1. The number of benzene rings is 5. The summed E-state index contributed by atoms with van der Waals surface area (Å²) in [6.45, 7) is 21.6. The van der Waals surface area contributed by atoms with Gasteiger partial charge in [-0.25, -0.2) is 0 Å². The van der Waals surface area contributed by atoms with Crippen molar-refractivity contribution < 1.29 is 4.74 Å². The average molecular weight is 696 g/mol. The van der Waals surface area contributed by atoms with Gasteiger partial charge in [0.15, 0.2) is 0 Å². The van der Waals surface area contributed by atoms with Crippen LogP contribution in [0, 0.1) is 0 Å². The van der Waals surface area contributed by atoms with Crippen molar-refractivity contribution in [3.8, 4) is 33.8 Å². The molecule has 0 bridgehead atoms. The molecule has 258 valence electrons. The highest BCUT2D eigenvalue weighted by Gasteiger charge is 2.53. The molecule has 6 aromatic rings. The molecule has 0 saturated heterocycles. The fourth-order valence-electron chi connectivity index (χ4n) is 9.39. The highest BCUT2D eigenvalue weighted by Crippen LogP contribution is 2.52. The van der Waals surface area contributed by atoms with Crippen molar-refractivity contribution >= 4 is 73.0 Å². The third-order valence-corrected chi connectivity index (χ3v) is 15.2. The van der Waals surface area contributed by atoms with Gasteiger partial charge >= 0.3 is 6.85 Å². The van der Waals surface area contributed by atoms with E-state index in [-0.39, 0.29) is 29.8 Å². The zero-order valence-electron chi connectivity index (χ0n) is 32.1. The van der Waals surface area contributed by atoms with Crippen molar-refractivity contribution in [1.29, 1.82) is 0 Å². The number of nitrogens with zero attached hydrogens (tertiary/aromatic N) is 1. The number of hydrogen-bond donors (Lipinski definition) is 0. The Kier molecular flexibility index (Phi) is 6.67. The van der Waals surface area contributed by atoms with Gasteiger partial charge in [0, 0.05) is 37.4 Å². The minimum Gasteiger partial charge on any atom is -0.457 e. The normalized spacial score (nSPS) is 14.9. The van der Waals surface area contributed by atoms with Gasteiger partial charge in [0.25, 0.3) is 6.71 Å². The molecule has 5 heterocycles. The van der Waals surface area contributed by atoms with Crippen LogP contribution in [0.1, 0.15) is 98.3 Å². The largest absolute Gasteiger partial charge is 0.457 e. The molecule has 0 atom stereocenters. The quantitative estimate of drug-likeness (QED) is 0.161. The van der Waals surface area contributed by atoms with Gasteiger partial charge < -0.3 is 9.55 Å². The van der Waals surface area contributed by atoms with Crippen LogP contribution in [-0.2, 0) is 16.2 Å². The van der Waals surface area contributed by atoms with Gasteiger partial charge in [-0.1, -0.05) is 117 Å². The van der Waals surface area contributed by atoms with E-state index in [0.717, 1.165) is 30.8 Å². The molecule has 0 N–H and O–H groups in total. The summed E-state index contributed by atoms with van der Waals surface area (Å²) in [7, 11) is 0. The fourth-order valence-corrected chi connectivity index (χ4v) is 10.6. The van der Waals surface area contributed by atoms with E-state index in [2.05, 4.69) is 152 Å². The van der Waals surface area contributed by atoms with Crippen LogP contribution in [0.2, 0.25) is 0 Å². The lowest BCUT2D eigenvalue weighted by molar-refractivity contribution is 0.495. The summed E-state index contributed by atoms with van der Waals surface area (Å²) in [5, 5.41) is 1.22. The van der Waals surface area contributed by atoms with Gasteiger partial charge in [0.2, 0.25) is 0 Å². The molecule has 5 heteroatoms. The maximum absolute atomic E-state index is 7.06. The minimum absolute atomic E-state index is 0.0287. The van der Waals surface area contributed by atoms with Gasteiger partial charge in [0.05, 0.1) is 0 Å². The van der Waals surface area contributed by atoms with E-state index in [1.807, 2.05) is 11.3 Å². The molecular formula is C47H47B2NOS. The first kappa shape index (κ1) is 32.4. The number of rotatable bonds is 6. The van der Waals surface area contributed by atoms with E-state index in [0.29, 0.717) is 0 Å². The molecule has 0 spiro atoms. The summed E-state index contributed by atoms with van der Waals surface area (Å²) in [5.74, 6) is 2.05. The average Bonchev–Trinajstić information content (AvgIpc) is 3.53. The van der Waals surface area contributed by atoms with E-state index in [4.69, 9.17) is 4.74 Å². The molecule has 0 aliphatic carbocycles. The molecule has 4 aliphatic rings. The third-order valence-electron chi connectivity index (χ3n) is 14.0. The van der Waals surface area contributed by atoms with E-state index in [9.17, 15) is 0 Å². The molecule has 0 saturated carbocycles. The summed E-state index contributed by atoms with van der Waals surface area (Å²) < 4.78 is 9.69. The Morgan fingerprint density at radius 2 is 1.17 bits per heavy atom. The highest BCUT2D eigenvalue weighted by atomic mass is 32.1. The zero-order valence-corrected chi connectivity index (χ0v) is 32.9. The van der Waals surface area contributed by atoms with Gasteiger partial charge in [-0.3, -0.25) is 0 Å². The zero-order chi connectivity index (χ0) is 36.1. The predicted octanol–water partition coefficient (Wildman–Crippen LogP) is 9.80. The lowest BCUT2D eigenvalue weighted by atomic mass is 9.32. The molecule has 0 fully saturated rings. The second-order valence-electron chi connectivity index (χ2n) is 17.8. The lowest BCUT2D eigenvalue weighted by Crippen LogP contribution is -2.68. The van der Waals surface area contributed by atoms with Crippen LogP contribution in [0.5, 0.6) is 11.5 Å². The Balaban J connectivity index is 1.38. The topological polar surface area (TPSA) is 12.5 Å². The van der Waals surface area contributed by atoms with Crippen molar-refractivity contribution in [3.63, 3.8) is 0 Å². The summed E-state index contributed by atoms with van der Waals surface area (Å²) >= 11 is 1.92. The highest BCUT2D eigenvalue weighted by molar-refractivity contribution is 7.33. The number of thiophene rings is 1. The molecule has 0 unspecified atom stereocenters. The predicted molar refractivity (Wildman–Crippen MR) is 227 cm³/mol. The molecule has 5 aromatic carbocycles. The smallest absolute Gasteiger partial charge is 0.329 e. The summed E-state index contributed by atoms with van der Waals surface area (Å²) in [5.41, 5.74) is 18.2. The molecule has 52 heavy (non-hydrogen) atoms.